The molecule has 0 aliphatic rings. The molecular weight excluding hydrogens is 234 g/mol. The third-order valence-electron chi connectivity index (χ3n) is 2.59. The Morgan fingerprint density at radius 3 is 3.06 bits per heavy atom. The monoisotopic (exact) mass is 257 g/mol. The number of thioether (sulfide) groups is 1. The Hall–Kier alpha value is -0.520. The molecule has 0 saturated heterocycles. The van der Waals surface area contributed by atoms with Crippen LogP contribution in [0.1, 0.15) is 18.4 Å². The van der Waals surface area contributed by atoms with Crippen molar-refractivity contribution in [1.29, 1.82) is 0 Å². The lowest BCUT2D eigenvalue weighted by Gasteiger charge is -2.10. The van der Waals surface area contributed by atoms with E-state index in [1.54, 1.807) is 7.11 Å². The summed E-state index contributed by atoms with van der Waals surface area (Å²) in [4.78, 5) is 4.38. The van der Waals surface area contributed by atoms with Gasteiger partial charge in [-0.15, -0.1) is 0 Å². The minimum atomic E-state index is 0.749. The third-order valence-corrected chi connectivity index (χ3v) is 3.47. The van der Waals surface area contributed by atoms with Gasteiger partial charge in [-0.1, -0.05) is 6.92 Å². The molecule has 1 N–H and O–H groups in total. The highest BCUT2D eigenvalue weighted by Crippen LogP contribution is 2.07. The van der Waals surface area contributed by atoms with Gasteiger partial charge in [-0.25, -0.2) is 4.98 Å². The summed E-state index contributed by atoms with van der Waals surface area (Å²) in [6.45, 7) is 7.80. The zero-order valence-electron chi connectivity index (χ0n) is 11.0. The molecule has 1 rings (SSSR count). The molecule has 1 aromatic heterocycles. The summed E-state index contributed by atoms with van der Waals surface area (Å²) in [6.07, 6.45) is 1.96. The van der Waals surface area contributed by atoms with Crippen molar-refractivity contribution in [3.63, 3.8) is 0 Å². The van der Waals surface area contributed by atoms with Gasteiger partial charge in [0.2, 0.25) is 0 Å². The Morgan fingerprint density at radius 2 is 2.35 bits per heavy atom. The maximum atomic E-state index is 5.01. The van der Waals surface area contributed by atoms with E-state index in [0.717, 1.165) is 37.8 Å². The van der Waals surface area contributed by atoms with Gasteiger partial charge in [0.05, 0.1) is 12.3 Å². The van der Waals surface area contributed by atoms with Crippen molar-refractivity contribution in [3.05, 3.63) is 17.7 Å². The lowest BCUT2D eigenvalue weighted by Crippen LogP contribution is -2.21. The number of rotatable bonds is 9. The second-order valence-corrected chi connectivity index (χ2v) is 5.21. The molecule has 0 bridgehead atoms. The van der Waals surface area contributed by atoms with Gasteiger partial charge in [0.25, 0.3) is 0 Å². The maximum Gasteiger partial charge on any atom is 0.105 e. The fourth-order valence-corrected chi connectivity index (χ4v) is 2.25. The van der Waals surface area contributed by atoms with Crippen LogP contribution in [0.3, 0.4) is 0 Å². The van der Waals surface area contributed by atoms with Crippen LogP contribution in [0.2, 0.25) is 0 Å². The highest BCUT2D eigenvalue weighted by molar-refractivity contribution is 7.99. The number of aromatic nitrogens is 2. The van der Waals surface area contributed by atoms with Crippen LogP contribution in [0.4, 0.5) is 0 Å². The summed E-state index contributed by atoms with van der Waals surface area (Å²) in [7, 11) is 1.72. The molecule has 0 fully saturated rings. The van der Waals surface area contributed by atoms with E-state index in [-0.39, 0.29) is 0 Å². The SMILES string of the molecule is CCSCCn1c(CNCCOC)cnc1C. The first kappa shape index (κ1) is 14.5. The number of imidazole rings is 1. The smallest absolute Gasteiger partial charge is 0.105 e. The Bertz CT molecular complexity index is 315. The molecule has 0 saturated carbocycles. The summed E-state index contributed by atoms with van der Waals surface area (Å²) in [6, 6.07) is 0. The van der Waals surface area contributed by atoms with E-state index in [9.17, 15) is 0 Å². The van der Waals surface area contributed by atoms with Gasteiger partial charge in [-0.05, 0) is 12.7 Å². The highest BCUT2D eigenvalue weighted by Gasteiger charge is 2.05. The fourth-order valence-electron chi connectivity index (χ4n) is 1.65. The summed E-state index contributed by atoms with van der Waals surface area (Å²) < 4.78 is 7.30. The van der Waals surface area contributed by atoms with Crippen LogP contribution >= 0.6 is 11.8 Å². The molecule has 0 radical (unpaired) electrons. The van der Waals surface area contributed by atoms with Crippen molar-refractivity contribution in [1.82, 2.24) is 14.9 Å². The zero-order valence-corrected chi connectivity index (χ0v) is 11.8. The van der Waals surface area contributed by atoms with E-state index in [2.05, 4.69) is 28.7 Å². The van der Waals surface area contributed by atoms with Crippen LogP contribution < -0.4 is 5.32 Å². The number of nitrogens with zero attached hydrogens (tertiary/aromatic N) is 2. The van der Waals surface area contributed by atoms with E-state index < -0.39 is 0 Å². The number of hydrogen-bond acceptors (Lipinski definition) is 4. The number of aryl methyl sites for hydroxylation is 1. The predicted octanol–water partition coefficient (Wildman–Crippen LogP) is 1.68. The number of ether oxygens (including phenoxy) is 1. The maximum absolute atomic E-state index is 5.01. The van der Waals surface area contributed by atoms with E-state index in [1.807, 2.05) is 18.0 Å². The van der Waals surface area contributed by atoms with Gasteiger partial charge in [-0.2, -0.15) is 11.8 Å². The molecule has 0 aliphatic heterocycles. The minimum Gasteiger partial charge on any atom is -0.383 e. The average Bonchev–Trinajstić information content (AvgIpc) is 2.67. The predicted molar refractivity (Wildman–Crippen MR) is 73.5 cm³/mol. The van der Waals surface area contributed by atoms with Gasteiger partial charge in [0.15, 0.2) is 0 Å². The van der Waals surface area contributed by atoms with Gasteiger partial charge >= 0.3 is 0 Å². The van der Waals surface area contributed by atoms with Crippen molar-refractivity contribution < 1.29 is 4.74 Å². The van der Waals surface area contributed by atoms with Crippen LogP contribution in [0.5, 0.6) is 0 Å². The van der Waals surface area contributed by atoms with Gasteiger partial charge in [0.1, 0.15) is 5.82 Å². The van der Waals surface area contributed by atoms with E-state index >= 15 is 0 Å². The second kappa shape index (κ2) is 8.55. The van der Waals surface area contributed by atoms with Crippen molar-refractivity contribution in [3.8, 4) is 0 Å². The lowest BCUT2D eigenvalue weighted by atomic mass is 10.4. The third kappa shape index (κ3) is 5.10. The molecule has 1 aromatic rings. The Labute approximate surface area is 108 Å². The van der Waals surface area contributed by atoms with Crippen molar-refractivity contribution in [2.24, 2.45) is 0 Å². The number of nitrogens with one attached hydrogen (secondary N) is 1. The first-order valence-corrected chi connectivity index (χ1v) is 7.23. The summed E-state index contributed by atoms with van der Waals surface area (Å²) in [5.74, 6) is 3.43. The molecule has 0 aromatic carbocycles. The molecule has 0 aliphatic carbocycles. The molecular formula is C12H23N3OS. The first-order valence-electron chi connectivity index (χ1n) is 6.08. The van der Waals surface area contributed by atoms with Crippen LogP contribution in [0.15, 0.2) is 6.20 Å². The largest absolute Gasteiger partial charge is 0.383 e. The molecule has 98 valence electrons. The first-order chi connectivity index (χ1) is 8.29. The fraction of sp³-hybridized carbons (Fsp3) is 0.750. The van der Waals surface area contributed by atoms with Gasteiger partial charge in [0, 0.05) is 38.7 Å². The molecule has 5 heteroatoms. The Kier molecular flexibility index (Phi) is 7.32. The molecule has 0 atom stereocenters. The number of methoxy groups -OCH3 is 1. The van der Waals surface area contributed by atoms with Crippen LogP contribution in [0, 0.1) is 6.92 Å². The van der Waals surface area contributed by atoms with E-state index in [1.165, 1.54) is 11.4 Å². The van der Waals surface area contributed by atoms with Crippen molar-refractivity contribution in [2.45, 2.75) is 26.9 Å². The molecule has 0 spiro atoms. The molecule has 4 nitrogen and oxygen atoms in total. The normalized spacial score (nSPS) is 11.0. The zero-order chi connectivity index (χ0) is 12.5. The van der Waals surface area contributed by atoms with E-state index in [0.29, 0.717) is 0 Å². The van der Waals surface area contributed by atoms with Crippen LogP contribution in [-0.2, 0) is 17.8 Å². The Morgan fingerprint density at radius 1 is 1.53 bits per heavy atom. The van der Waals surface area contributed by atoms with Gasteiger partial charge < -0.3 is 14.6 Å². The van der Waals surface area contributed by atoms with E-state index in [4.69, 9.17) is 4.74 Å². The topological polar surface area (TPSA) is 39.1 Å². The molecule has 0 unspecified atom stereocenters. The minimum absolute atomic E-state index is 0.749. The molecule has 0 amide bonds. The van der Waals surface area contributed by atoms with Crippen molar-refractivity contribution in [2.75, 3.05) is 31.8 Å². The van der Waals surface area contributed by atoms with Crippen LogP contribution in [-0.4, -0.2) is 41.3 Å². The molecule has 17 heavy (non-hydrogen) atoms. The Balaban J connectivity index is 2.41. The quantitative estimate of drug-likeness (QED) is 0.683. The standard InChI is InChI=1S/C12H23N3OS/c1-4-17-8-6-15-11(2)14-10-12(15)9-13-5-7-16-3/h10,13H,4-9H2,1-3H3. The highest BCUT2D eigenvalue weighted by atomic mass is 32.2. The average molecular weight is 257 g/mol. The second-order valence-electron chi connectivity index (χ2n) is 3.81. The van der Waals surface area contributed by atoms with Gasteiger partial charge in [-0.3, -0.25) is 0 Å². The summed E-state index contributed by atoms with van der Waals surface area (Å²) >= 11 is 1.97. The summed E-state index contributed by atoms with van der Waals surface area (Å²) in [5.41, 5.74) is 1.26. The lowest BCUT2D eigenvalue weighted by molar-refractivity contribution is 0.199. The number of hydrogen-bond donors (Lipinski definition) is 1. The van der Waals surface area contributed by atoms with Crippen LogP contribution in [0.25, 0.3) is 0 Å². The van der Waals surface area contributed by atoms with Crippen molar-refractivity contribution >= 4 is 11.8 Å². The molecule has 1 heterocycles. The summed E-state index contributed by atoms with van der Waals surface area (Å²) in [5, 5.41) is 3.35.